The fraction of sp³-hybridized carbons (Fsp3) is 0.588. The van der Waals surface area contributed by atoms with Gasteiger partial charge in [0.25, 0.3) is 0 Å². The Morgan fingerprint density at radius 1 is 1.24 bits per heavy atom. The third-order valence-electron chi connectivity index (χ3n) is 5.17. The number of nitrogens with two attached hydrogens (primary N) is 1. The van der Waals surface area contributed by atoms with Crippen molar-refractivity contribution in [3.05, 3.63) is 35.9 Å². The van der Waals surface area contributed by atoms with Gasteiger partial charge in [0.15, 0.2) is 0 Å². The first-order valence-corrected chi connectivity index (χ1v) is 8.06. The van der Waals surface area contributed by atoms with Gasteiger partial charge in [-0.25, -0.2) is 0 Å². The molecule has 3 atom stereocenters. The van der Waals surface area contributed by atoms with Gasteiger partial charge in [-0.2, -0.15) is 0 Å². The van der Waals surface area contributed by atoms with E-state index >= 15 is 0 Å². The van der Waals surface area contributed by atoms with E-state index < -0.39 is 0 Å². The van der Waals surface area contributed by atoms with Crippen LogP contribution in [-0.4, -0.2) is 28.5 Å². The monoisotopic (exact) mass is 287 g/mol. The summed E-state index contributed by atoms with van der Waals surface area (Å²) in [5.41, 5.74) is 7.09. The van der Waals surface area contributed by atoms with Crippen molar-refractivity contribution in [1.82, 2.24) is 4.90 Å². The second-order valence-corrected chi connectivity index (χ2v) is 6.36. The lowest BCUT2D eigenvalue weighted by Crippen LogP contribution is -2.39. The van der Waals surface area contributed by atoms with E-state index in [-0.39, 0.29) is 6.04 Å². The number of oxime groups is 1. The maximum absolute atomic E-state index is 8.95. The third kappa shape index (κ3) is 3.05. The lowest BCUT2D eigenvalue weighted by molar-refractivity contribution is 0.134. The van der Waals surface area contributed by atoms with E-state index in [0.717, 1.165) is 12.5 Å². The SMILES string of the molecule is N/C(CC(c1ccccc1)N1CCC2CCCCC21)=N/O. The normalized spacial score (nSPS) is 28.3. The summed E-state index contributed by atoms with van der Waals surface area (Å²) in [5, 5.41) is 12.1. The van der Waals surface area contributed by atoms with Gasteiger partial charge >= 0.3 is 0 Å². The van der Waals surface area contributed by atoms with Crippen LogP contribution in [0.15, 0.2) is 35.5 Å². The van der Waals surface area contributed by atoms with Gasteiger partial charge in [0.05, 0.1) is 0 Å². The van der Waals surface area contributed by atoms with Crippen LogP contribution in [0.3, 0.4) is 0 Å². The summed E-state index contributed by atoms with van der Waals surface area (Å²) < 4.78 is 0. The summed E-state index contributed by atoms with van der Waals surface area (Å²) in [6.07, 6.45) is 7.28. The van der Waals surface area contributed by atoms with Crippen molar-refractivity contribution < 1.29 is 5.21 Å². The lowest BCUT2D eigenvalue weighted by Gasteiger charge is -2.37. The number of hydrogen-bond donors (Lipinski definition) is 2. The van der Waals surface area contributed by atoms with E-state index in [1.165, 1.54) is 37.7 Å². The predicted octanol–water partition coefficient (Wildman–Crippen LogP) is 3.13. The molecular formula is C17H25N3O. The average Bonchev–Trinajstić information content (AvgIpc) is 2.97. The van der Waals surface area contributed by atoms with Crippen molar-refractivity contribution >= 4 is 5.84 Å². The number of benzene rings is 1. The van der Waals surface area contributed by atoms with Crippen molar-refractivity contribution in [1.29, 1.82) is 0 Å². The van der Waals surface area contributed by atoms with E-state index in [2.05, 4.69) is 34.3 Å². The fourth-order valence-corrected chi connectivity index (χ4v) is 4.17. The first-order valence-electron chi connectivity index (χ1n) is 8.06. The summed E-state index contributed by atoms with van der Waals surface area (Å²) in [6.45, 7) is 1.13. The van der Waals surface area contributed by atoms with Crippen LogP contribution in [0.25, 0.3) is 0 Å². The summed E-state index contributed by atoms with van der Waals surface area (Å²) >= 11 is 0. The molecule has 0 amide bonds. The molecule has 3 rings (SSSR count). The van der Waals surface area contributed by atoms with Crippen LogP contribution >= 0.6 is 0 Å². The van der Waals surface area contributed by atoms with Crippen molar-refractivity contribution in [2.75, 3.05) is 6.54 Å². The Bertz CT molecular complexity index is 488. The molecule has 1 aromatic carbocycles. The molecule has 1 heterocycles. The minimum absolute atomic E-state index is 0.232. The van der Waals surface area contributed by atoms with Crippen LogP contribution in [0.5, 0.6) is 0 Å². The molecule has 2 fully saturated rings. The Kier molecular flexibility index (Phi) is 4.44. The molecule has 1 saturated carbocycles. The second-order valence-electron chi connectivity index (χ2n) is 6.36. The van der Waals surface area contributed by atoms with Crippen LogP contribution in [0.2, 0.25) is 0 Å². The highest BCUT2D eigenvalue weighted by molar-refractivity contribution is 5.80. The molecule has 2 aliphatic rings. The molecule has 3 unspecified atom stereocenters. The van der Waals surface area contributed by atoms with Crippen LogP contribution in [0.4, 0.5) is 0 Å². The van der Waals surface area contributed by atoms with Gasteiger partial charge in [0.2, 0.25) is 0 Å². The maximum Gasteiger partial charge on any atom is 0.141 e. The van der Waals surface area contributed by atoms with E-state index in [1.54, 1.807) is 0 Å². The molecule has 4 nitrogen and oxygen atoms in total. The lowest BCUT2D eigenvalue weighted by atomic mass is 9.84. The first kappa shape index (κ1) is 14.4. The number of fused-ring (bicyclic) bond motifs is 1. The summed E-state index contributed by atoms with van der Waals surface area (Å²) in [7, 11) is 0. The van der Waals surface area contributed by atoms with Crippen molar-refractivity contribution in [3.63, 3.8) is 0 Å². The van der Waals surface area contributed by atoms with E-state index in [1.807, 2.05) is 6.07 Å². The molecule has 1 aliphatic heterocycles. The number of nitrogens with zero attached hydrogens (tertiary/aromatic N) is 2. The van der Waals surface area contributed by atoms with Gasteiger partial charge in [-0.1, -0.05) is 48.3 Å². The molecule has 1 aromatic rings. The quantitative estimate of drug-likeness (QED) is 0.387. The number of hydrogen-bond acceptors (Lipinski definition) is 3. The molecular weight excluding hydrogens is 262 g/mol. The van der Waals surface area contributed by atoms with Crippen LogP contribution in [-0.2, 0) is 0 Å². The Balaban J connectivity index is 1.84. The van der Waals surface area contributed by atoms with Gasteiger partial charge in [0, 0.05) is 18.5 Å². The third-order valence-corrected chi connectivity index (χ3v) is 5.17. The topological polar surface area (TPSA) is 61.8 Å². The largest absolute Gasteiger partial charge is 0.409 e. The van der Waals surface area contributed by atoms with E-state index in [4.69, 9.17) is 10.9 Å². The first-order chi connectivity index (χ1) is 10.3. The van der Waals surface area contributed by atoms with Crippen molar-refractivity contribution in [2.24, 2.45) is 16.8 Å². The zero-order valence-electron chi connectivity index (χ0n) is 12.5. The van der Waals surface area contributed by atoms with E-state index in [9.17, 15) is 0 Å². The highest BCUT2D eigenvalue weighted by Crippen LogP contribution is 2.41. The highest BCUT2D eigenvalue weighted by atomic mass is 16.4. The van der Waals surface area contributed by atoms with Gasteiger partial charge < -0.3 is 10.9 Å². The molecule has 114 valence electrons. The summed E-state index contributed by atoms with van der Waals surface area (Å²) in [4.78, 5) is 2.61. The molecule has 1 aliphatic carbocycles. The zero-order chi connectivity index (χ0) is 14.7. The smallest absolute Gasteiger partial charge is 0.141 e. The summed E-state index contributed by atoms with van der Waals surface area (Å²) in [6, 6.07) is 11.4. The minimum atomic E-state index is 0.232. The summed E-state index contributed by atoms with van der Waals surface area (Å²) in [5.74, 6) is 1.17. The standard InChI is InChI=1S/C17H25N3O/c18-17(19-21)12-16(13-6-2-1-3-7-13)20-11-10-14-8-4-5-9-15(14)20/h1-3,6-7,14-16,21H,4-5,8-12H2,(H2,18,19). The number of likely N-dealkylation sites (tertiary alicyclic amines) is 1. The Hall–Kier alpha value is -1.55. The van der Waals surface area contributed by atoms with Gasteiger partial charge in [-0.05, 0) is 37.3 Å². The Morgan fingerprint density at radius 3 is 2.76 bits per heavy atom. The van der Waals surface area contributed by atoms with Gasteiger partial charge in [-0.3, -0.25) is 4.90 Å². The second kappa shape index (κ2) is 6.48. The Morgan fingerprint density at radius 2 is 2.00 bits per heavy atom. The Labute approximate surface area is 126 Å². The van der Waals surface area contributed by atoms with E-state index in [0.29, 0.717) is 18.3 Å². The molecule has 21 heavy (non-hydrogen) atoms. The molecule has 0 bridgehead atoms. The van der Waals surface area contributed by atoms with Crippen LogP contribution in [0, 0.1) is 5.92 Å². The molecule has 0 aromatic heterocycles. The molecule has 0 spiro atoms. The number of rotatable bonds is 4. The van der Waals surface area contributed by atoms with Gasteiger partial charge in [0.1, 0.15) is 5.84 Å². The van der Waals surface area contributed by atoms with Gasteiger partial charge in [-0.15, -0.1) is 0 Å². The molecule has 3 N–H and O–H groups in total. The van der Waals surface area contributed by atoms with Crippen LogP contribution in [0.1, 0.15) is 50.1 Å². The average molecular weight is 287 g/mol. The fourth-order valence-electron chi connectivity index (χ4n) is 4.17. The number of amidine groups is 1. The van der Waals surface area contributed by atoms with Crippen molar-refractivity contribution in [3.8, 4) is 0 Å². The molecule has 0 radical (unpaired) electrons. The highest BCUT2D eigenvalue weighted by Gasteiger charge is 2.39. The molecule has 1 saturated heterocycles. The zero-order valence-corrected chi connectivity index (χ0v) is 12.5. The minimum Gasteiger partial charge on any atom is -0.409 e. The van der Waals surface area contributed by atoms with Crippen LogP contribution < -0.4 is 5.73 Å². The maximum atomic E-state index is 8.95. The molecule has 4 heteroatoms. The van der Waals surface area contributed by atoms with Crippen molar-refractivity contribution in [2.45, 2.75) is 50.6 Å². The predicted molar refractivity (Wildman–Crippen MR) is 84.3 cm³/mol.